The van der Waals surface area contributed by atoms with Crippen LogP contribution in [0.5, 0.6) is 0 Å². The molecule has 14 heavy (non-hydrogen) atoms. The zero-order valence-corrected chi connectivity index (χ0v) is 10.4. The molecule has 0 aromatic carbocycles. The van der Waals surface area contributed by atoms with Crippen molar-refractivity contribution in [2.75, 3.05) is 7.05 Å². The number of aromatic nitrogens is 2. The predicted octanol–water partition coefficient (Wildman–Crippen LogP) is 2.03. The summed E-state index contributed by atoms with van der Waals surface area (Å²) in [6.45, 7) is 4.41. The van der Waals surface area contributed by atoms with Crippen molar-refractivity contribution in [3.63, 3.8) is 0 Å². The average Bonchev–Trinajstić information content (AvgIpc) is 2.16. The highest BCUT2D eigenvalue weighted by Gasteiger charge is 2.13. The van der Waals surface area contributed by atoms with Gasteiger partial charge in [0.2, 0.25) is 0 Å². The summed E-state index contributed by atoms with van der Waals surface area (Å²) in [5.74, 6) is 0.599. The normalized spacial score (nSPS) is 13.2. The summed E-state index contributed by atoms with van der Waals surface area (Å²) in [6, 6.07) is 0.459. The highest BCUT2D eigenvalue weighted by atomic mass is 79.9. The maximum absolute atomic E-state index is 4.25. The molecule has 1 heterocycles. The fourth-order valence-electron chi connectivity index (χ4n) is 1.37. The quantitative estimate of drug-likeness (QED) is 0.897. The minimum Gasteiger partial charge on any atom is -0.316 e. The van der Waals surface area contributed by atoms with E-state index in [2.05, 4.69) is 45.1 Å². The molecule has 0 fully saturated rings. The molecule has 78 valence electrons. The molecule has 0 radical (unpaired) electrons. The lowest BCUT2D eigenvalue weighted by atomic mass is 9.99. The first-order valence-corrected chi connectivity index (χ1v) is 5.56. The van der Waals surface area contributed by atoms with Crippen LogP contribution >= 0.6 is 15.9 Å². The Morgan fingerprint density at radius 1 is 1.50 bits per heavy atom. The van der Waals surface area contributed by atoms with Gasteiger partial charge in [-0.15, -0.1) is 0 Å². The molecule has 1 unspecified atom stereocenters. The number of hydrogen-bond donors (Lipinski definition) is 1. The van der Waals surface area contributed by atoms with Crippen molar-refractivity contribution in [2.24, 2.45) is 5.92 Å². The third kappa shape index (κ3) is 3.03. The molecule has 1 aromatic heterocycles. The molecule has 0 saturated heterocycles. The fourth-order valence-corrected chi connectivity index (χ4v) is 1.75. The van der Waals surface area contributed by atoms with Gasteiger partial charge in [-0.1, -0.05) is 13.8 Å². The first-order chi connectivity index (χ1) is 6.65. The van der Waals surface area contributed by atoms with Crippen LogP contribution in [0, 0.1) is 5.92 Å². The molecule has 4 heteroatoms. The molecule has 0 aliphatic carbocycles. The molecule has 1 rings (SSSR count). The summed E-state index contributed by atoms with van der Waals surface area (Å²) in [7, 11) is 1.99. The van der Waals surface area contributed by atoms with Gasteiger partial charge in [-0.05, 0) is 28.9 Å². The first kappa shape index (κ1) is 11.6. The molecular formula is C10H16BrN3. The predicted molar refractivity (Wildman–Crippen MR) is 61.1 cm³/mol. The van der Waals surface area contributed by atoms with Crippen LogP contribution in [0.25, 0.3) is 0 Å². The number of hydrogen-bond acceptors (Lipinski definition) is 3. The van der Waals surface area contributed by atoms with E-state index in [0.717, 1.165) is 16.6 Å². The molecule has 1 aromatic rings. The van der Waals surface area contributed by atoms with Crippen molar-refractivity contribution in [1.29, 1.82) is 0 Å². The standard InChI is InChI=1S/C10H16BrN3/c1-7(2)9(12-3)4-10-8(11)5-13-6-14-10/h5-7,9,12H,4H2,1-3H3. The van der Waals surface area contributed by atoms with E-state index in [1.807, 2.05) is 7.05 Å². The van der Waals surface area contributed by atoms with E-state index in [-0.39, 0.29) is 0 Å². The molecule has 0 aliphatic heterocycles. The molecule has 0 spiro atoms. The Kier molecular flexibility index (Phi) is 4.48. The van der Waals surface area contributed by atoms with Crippen LogP contribution < -0.4 is 5.32 Å². The van der Waals surface area contributed by atoms with Crippen molar-refractivity contribution < 1.29 is 0 Å². The van der Waals surface area contributed by atoms with Gasteiger partial charge in [-0.2, -0.15) is 0 Å². The monoisotopic (exact) mass is 257 g/mol. The van der Waals surface area contributed by atoms with Gasteiger partial charge in [0, 0.05) is 18.7 Å². The first-order valence-electron chi connectivity index (χ1n) is 4.76. The summed E-state index contributed by atoms with van der Waals surface area (Å²) in [5, 5.41) is 3.30. The largest absolute Gasteiger partial charge is 0.316 e. The van der Waals surface area contributed by atoms with E-state index in [9.17, 15) is 0 Å². The highest BCUT2D eigenvalue weighted by molar-refractivity contribution is 9.10. The van der Waals surface area contributed by atoms with Crippen molar-refractivity contribution in [1.82, 2.24) is 15.3 Å². The Morgan fingerprint density at radius 2 is 2.21 bits per heavy atom. The Balaban J connectivity index is 2.72. The van der Waals surface area contributed by atoms with Gasteiger partial charge < -0.3 is 5.32 Å². The molecule has 1 atom stereocenters. The lowest BCUT2D eigenvalue weighted by Crippen LogP contribution is -2.33. The van der Waals surface area contributed by atoms with Gasteiger partial charge in [0.05, 0.1) is 10.2 Å². The zero-order valence-electron chi connectivity index (χ0n) is 8.79. The fraction of sp³-hybridized carbons (Fsp3) is 0.600. The van der Waals surface area contributed by atoms with E-state index in [0.29, 0.717) is 12.0 Å². The summed E-state index contributed by atoms with van der Waals surface area (Å²) in [6.07, 6.45) is 4.31. The van der Waals surface area contributed by atoms with Crippen LogP contribution in [0.3, 0.4) is 0 Å². The lowest BCUT2D eigenvalue weighted by molar-refractivity contribution is 0.420. The van der Waals surface area contributed by atoms with Crippen molar-refractivity contribution in [2.45, 2.75) is 26.3 Å². The van der Waals surface area contributed by atoms with Crippen LogP contribution in [0.1, 0.15) is 19.5 Å². The zero-order chi connectivity index (χ0) is 10.6. The minimum absolute atomic E-state index is 0.459. The SMILES string of the molecule is CNC(Cc1ncncc1Br)C(C)C. The molecular weight excluding hydrogens is 242 g/mol. The third-order valence-corrected chi connectivity index (χ3v) is 3.00. The van der Waals surface area contributed by atoms with E-state index < -0.39 is 0 Å². The smallest absolute Gasteiger partial charge is 0.115 e. The summed E-state index contributed by atoms with van der Waals surface area (Å²) >= 11 is 3.45. The van der Waals surface area contributed by atoms with Crippen LogP contribution in [0.4, 0.5) is 0 Å². The molecule has 0 amide bonds. The Hall–Kier alpha value is -0.480. The van der Waals surface area contributed by atoms with Gasteiger partial charge in [0.15, 0.2) is 0 Å². The topological polar surface area (TPSA) is 37.8 Å². The van der Waals surface area contributed by atoms with Gasteiger partial charge in [0.25, 0.3) is 0 Å². The molecule has 0 aliphatic rings. The van der Waals surface area contributed by atoms with E-state index in [4.69, 9.17) is 0 Å². The summed E-state index contributed by atoms with van der Waals surface area (Å²) in [4.78, 5) is 8.19. The second kappa shape index (κ2) is 5.41. The number of halogens is 1. The third-order valence-electron chi connectivity index (χ3n) is 2.33. The lowest BCUT2D eigenvalue weighted by Gasteiger charge is -2.19. The highest BCUT2D eigenvalue weighted by Crippen LogP contribution is 2.16. The van der Waals surface area contributed by atoms with Crippen LogP contribution in [0.2, 0.25) is 0 Å². The van der Waals surface area contributed by atoms with Crippen molar-refractivity contribution in [3.05, 3.63) is 22.7 Å². The minimum atomic E-state index is 0.459. The molecule has 3 nitrogen and oxygen atoms in total. The molecule has 1 N–H and O–H groups in total. The van der Waals surface area contributed by atoms with E-state index in [1.165, 1.54) is 0 Å². The van der Waals surface area contributed by atoms with Gasteiger partial charge in [-0.3, -0.25) is 0 Å². The average molecular weight is 258 g/mol. The van der Waals surface area contributed by atoms with E-state index >= 15 is 0 Å². The number of nitrogens with zero attached hydrogens (tertiary/aromatic N) is 2. The Morgan fingerprint density at radius 3 is 2.71 bits per heavy atom. The maximum Gasteiger partial charge on any atom is 0.115 e. The van der Waals surface area contributed by atoms with Gasteiger partial charge in [0.1, 0.15) is 6.33 Å². The second-order valence-electron chi connectivity index (χ2n) is 3.66. The Bertz CT molecular complexity index is 288. The number of nitrogens with one attached hydrogen (secondary N) is 1. The van der Waals surface area contributed by atoms with Crippen LogP contribution in [0.15, 0.2) is 17.0 Å². The van der Waals surface area contributed by atoms with Gasteiger partial charge in [-0.25, -0.2) is 9.97 Å². The van der Waals surface area contributed by atoms with Crippen LogP contribution in [-0.4, -0.2) is 23.1 Å². The summed E-state index contributed by atoms with van der Waals surface area (Å²) in [5.41, 5.74) is 1.06. The van der Waals surface area contributed by atoms with Crippen LogP contribution in [-0.2, 0) is 6.42 Å². The van der Waals surface area contributed by atoms with Crippen molar-refractivity contribution in [3.8, 4) is 0 Å². The number of rotatable bonds is 4. The molecule has 0 saturated carbocycles. The van der Waals surface area contributed by atoms with E-state index in [1.54, 1.807) is 12.5 Å². The molecule has 0 bridgehead atoms. The number of likely N-dealkylation sites (N-methyl/N-ethyl adjacent to an activating group) is 1. The van der Waals surface area contributed by atoms with Crippen molar-refractivity contribution >= 4 is 15.9 Å². The maximum atomic E-state index is 4.25. The Labute approximate surface area is 93.5 Å². The second-order valence-corrected chi connectivity index (χ2v) is 4.52. The summed E-state index contributed by atoms with van der Waals surface area (Å²) < 4.78 is 0.987. The van der Waals surface area contributed by atoms with Gasteiger partial charge >= 0.3 is 0 Å².